The molecule has 4 heteroatoms. The van der Waals surface area contributed by atoms with E-state index in [0.29, 0.717) is 12.1 Å². The molecule has 0 unspecified atom stereocenters. The topological polar surface area (TPSA) is 66.6 Å². The molecule has 0 aliphatic carbocycles. The Bertz CT molecular complexity index is 335. The minimum atomic E-state index is -0.408. The van der Waals surface area contributed by atoms with Gasteiger partial charge in [0.25, 0.3) is 0 Å². The summed E-state index contributed by atoms with van der Waals surface area (Å²) in [5.41, 5.74) is 6.79. The van der Waals surface area contributed by atoms with Crippen molar-refractivity contribution in [2.45, 2.75) is 13.5 Å². The maximum atomic E-state index is 10.9. The molecule has 0 spiro atoms. The van der Waals surface area contributed by atoms with E-state index in [1.54, 1.807) is 12.1 Å². The maximum Gasteiger partial charge on any atom is 0.248 e. The molecule has 16 heavy (non-hydrogen) atoms. The lowest BCUT2D eigenvalue weighted by molar-refractivity contribution is 0.100. The van der Waals surface area contributed by atoms with Crippen molar-refractivity contribution in [3.63, 3.8) is 0 Å². The Balaban J connectivity index is 2.63. The summed E-state index contributed by atoms with van der Waals surface area (Å²) in [5.74, 6) is -0.408. The van der Waals surface area contributed by atoms with Crippen LogP contribution in [0.4, 0.5) is 0 Å². The van der Waals surface area contributed by atoms with Crippen molar-refractivity contribution < 1.29 is 9.90 Å². The number of nitrogens with zero attached hydrogens (tertiary/aromatic N) is 1. The van der Waals surface area contributed by atoms with E-state index >= 15 is 0 Å². The lowest BCUT2D eigenvalue weighted by Gasteiger charge is -2.19. The summed E-state index contributed by atoms with van der Waals surface area (Å²) in [4.78, 5) is 13.0. The highest BCUT2D eigenvalue weighted by Crippen LogP contribution is 2.07. The van der Waals surface area contributed by atoms with Crippen LogP contribution in [0.5, 0.6) is 0 Å². The summed E-state index contributed by atoms with van der Waals surface area (Å²) >= 11 is 0. The van der Waals surface area contributed by atoms with E-state index < -0.39 is 5.91 Å². The zero-order valence-electron chi connectivity index (χ0n) is 9.52. The third-order valence-electron chi connectivity index (χ3n) is 2.51. The average molecular weight is 222 g/mol. The number of aliphatic hydroxyl groups is 1. The van der Waals surface area contributed by atoms with Crippen LogP contribution in [-0.2, 0) is 6.54 Å². The van der Waals surface area contributed by atoms with Gasteiger partial charge in [-0.2, -0.15) is 0 Å². The highest BCUT2D eigenvalue weighted by atomic mass is 16.3. The second-order valence-corrected chi connectivity index (χ2v) is 3.65. The van der Waals surface area contributed by atoms with Gasteiger partial charge < -0.3 is 10.8 Å². The fraction of sp³-hybridized carbons (Fsp3) is 0.417. The van der Waals surface area contributed by atoms with Gasteiger partial charge in [0.1, 0.15) is 0 Å². The Hall–Kier alpha value is -1.39. The van der Waals surface area contributed by atoms with E-state index in [9.17, 15) is 4.79 Å². The van der Waals surface area contributed by atoms with Crippen LogP contribution in [0.15, 0.2) is 24.3 Å². The van der Waals surface area contributed by atoms with Gasteiger partial charge in [-0.05, 0) is 24.2 Å². The van der Waals surface area contributed by atoms with Crippen molar-refractivity contribution in [2.75, 3.05) is 19.7 Å². The van der Waals surface area contributed by atoms with Gasteiger partial charge in [0.2, 0.25) is 5.91 Å². The summed E-state index contributed by atoms with van der Waals surface area (Å²) in [5, 5.41) is 8.86. The molecule has 0 saturated carbocycles. The van der Waals surface area contributed by atoms with Crippen molar-refractivity contribution in [3.05, 3.63) is 35.4 Å². The molecule has 0 radical (unpaired) electrons. The van der Waals surface area contributed by atoms with Crippen LogP contribution < -0.4 is 5.73 Å². The Morgan fingerprint density at radius 2 is 2.00 bits per heavy atom. The van der Waals surface area contributed by atoms with Crippen LogP contribution in [0.3, 0.4) is 0 Å². The van der Waals surface area contributed by atoms with Crippen LogP contribution in [0.2, 0.25) is 0 Å². The molecule has 88 valence electrons. The second-order valence-electron chi connectivity index (χ2n) is 3.65. The van der Waals surface area contributed by atoms with Crippen molar-refractivity contribution >= 4 is 5.91 Å². The van der Waals surface area contributed by atoms with Crippen molar-refractivity contribution in [1.82, 2.24) is 4.90 Å². The molecule has 1 rings (SSSR count). The highest BCUT2D eigenvalue weighted by Gasteiger charge is 2.04. The standard InChI is InChI=1S/C12H18N2O2/c1-2-14(7-8-15)9-10-3-5-11(6-4-10)12(13)16/h3-6,15H,2,7-9H2,1H3,(H2,13,16). The Labute approximate surface area is 95.7 Å². The molecule has 0 fully saturated rings. The highest BCUT2D eigenvalue weighted by molar-refractivity contribution is 5.92. The molecule has 0 heterocycles. The maximum absolute atomic E-state index is 10.9. The van der Waals surface area contributed by atoms with Gasteiger partial charge in [0, 0.05) is 18.7 Å². The first kappa shape index (κ1) is 12.7. The third kappa shape index (κ3) is 3.64. The molecule has 0 saturated heterocycles. The number of carbonyl (C=O) groups is 1. The zero-order chi connectivity index (χ0) is 12.0. The van der Waals surface area contributed by atoms with Crippen LogP contribution in [0.25, 0.3) is 0 Å². The summed E-state index contributed by atoms with van der Waals surface area (Å²) in [6, 6.07) is 7.23. The van der Waals surface area contributed by atoms with E-state index in [0.717, 1.165) is 18.7 Å². The van der Waals surface area contributed by atoms with Gasteiger partial charge in [-0.25, -0.2) is 0 Å². The number of rotatable bonds is 6. The lowest BCUT2D eigenvalue weighted by Crippen LogP contribution is -2.26. The quantitative estimate of drug-likeness (QED) is 0.740. The number of hydrogen-bond donors (Lipinski definition) is 2. The number of nitrogens with two attached hydrogens (primary N) is 1. The number of aliphatic hydroxyl groups excluding tert-OH is 1. The monoisotopic (exact) mass is 222 g/mol. The summed E-state index contributed by atoms with van der Waals surface area (Å²) in [7, 11) is 0. The Morgan fingerprint density at radius 3 is 2.44 bits per heavy atom. The van der Waals surface area contributed by atoms with Gasteiger partial charge in [0.15, 0.2) is 0 Å². The first-order chi connectivity index (χ1) is 7.67. The Morgan fingerprint density at radius 1 is 1.38 bits per heavy atom. The number of amides is 1. The third-order valence-corrected chi connectivity index (χ3v) is 2.51. The fourth-order valence-corrected chi connectivity index (χ4v) is 1.52. The number of carbonyl (C=O) groups excluding carboxylic acids is 1. The van der Waals surface area contributed by atoms with E-state index in [-0.39, 0.29) is 6.61 Å². The van der Waals surface area contributed by atoms with Gasteiger partial charge in [0.05, 0.1) is 6.61 Å². The SMILES string of the molecule is CCN(CCO)Cc1ccc(C(N)=O)cc1. The first-order valence-corrected chi connectivity index (χ1v) is 5.39. The molecular weight excluding hydrogens is 204 g/mol. The number of benzene rings is 1. The number of likely N-dealkylation sites (N-methyl/N-ethyl adjacent to an activating group) is 1. The smallest absolute Gasteiger partial charge is 0.248 e. The van der Waals surface area contributed by atoms with Gasteiger partial charge in [-0.15, -0.1) is 0 Å². The molecule has 0 atom stereocenters. The van der Waals surface area contributed by atoms with E-state index in [2.05, 4.69) is 4.90 Å². The molecule has 1 aromatic rings. The minimum absolute atomic E-state index is 0.160. The van der Waals surface area contributed by atoms with Crippen LogP contribution in [0, 0.1) is 0 Å². The summed E-state index contributed by atoms with van der Waals surface area (Å²) in [6.45, 7) is 4.53. The van der Waals surface area contributed by atoms with Gasteiger partial charge in [-0.3, -0.25) is 9.69 Å². The first-order valence-electron chi connectivity index (χ1n) is 5.39. The molecule has 0 bridgehead atoms. The van der Waals surface area contributed by atoms with Crippen molar-refractivity contribution in [1.29, 1.82) is 0 Å². The molecule has 0 aliphatic heterocycles. The van der Waals surface area contributed by atoms with Crippen LogP contribution in [0.1, 0.15) is 22.8 Å². The van der Waals surface area contributed by atoms with Crippen LogP contribution in [-0.4, -0.2) is 35.6 Å². The molecule has 0 aromatic heterocycles. The molecule has 0 aliphatic rings. The largest absolute Gasteiger partial charge is 0.395 e. The minimum Gasteiger partial charge on any atom is -0.395 e. The number of primary amides is 1. The van der Waals surface area contributed by atoms with Crippen molar-refractivity contribution in [2.24, 2.45) is 5.73 Å². The van der Waals surface area contributed by atoms with E-state index in [4.69, 9.17) is 10.8 Å². The fourth-order valence-electron chi connectivity index (χ4n) is 1.52. The number of hydrogen-bond acceptors (Lipinski definition) is 3. The van der Waals surface area contributed by atoms with Crippen LogP contribution >= 0.6 is 0 Å². The van der Waals surface area contributed by atoms with E-state index in [1.165, 1.54) is 0 Å². The predicted octanol–water partition coefficient (Wildman–Crippen LogP) is 0.600. The van der Waals surface area contributed by atoms with Gasteiger partial charge >= 0.3 is 0 Å². The van der Waals surface area contributed by atoms with E-state index in [1.807, 2.05) is 19.1 Å². The molecule has 1 amide bonds. The average Bonchev–Trinajstić information content (AvgIpc) is 2.29. The normalized spacial score (nSPS) is 10.7. The predicted molar refractivity (Wildman–Crippen MR) is 63.0 cm³/mol. The molecule has 1 aromatic carbocycles. The second kappa shape index (κ2) is 6.25. The Kier molecular flexibility index (Phi) is 4.95. The lowest BCUT2D eigenvalue weighted by atomic mass is 10.1. The summed E-state index contributed by atoms with van der Waals surface area (Å²) < 4.78 is 0. The van der Waals surface area contributed by atoms with Gasteiger partial charge in [-0.1, -0.05) is 19.1 Å². The molecular formula is C12H18N2O2. The molecule has 3 N–H and O–H groups in total. The van der Waals surface area contributed by atoms with Crippen molar-refractivity contribution in [3.8, 4) is 0 Å². The summed E-state index contributed by atoms with van der Waals surface area (Å²) in [6.07, 6.45) is 0. The molecule has 4 nitrogen and oxygen atoms in total. The zero-order valence-corrected chi connectivity index (χ0v) is 9.52.